The van der Waals surface area contributed by atoms with Gasteiger partial charge in [0.05, 0.1) is 14.5 Å². The minimum Gasteiger partial charge on any atom is -0.299 e. The van der Waals surface area contributed by atoms with Crippen LogP contribution in [0.1, 0.15) is 53.5 Å². The summed E-state index contributed by atoms with van der Waals surface area (Å²) in [5.74, 6) is 0.255. The molecule has 22 heavy (non-hydrogen) atoms. The van der Waals surface area contributed by atoms with Gasteiger partial charge in [-0.15, -0.1) is 0 Å². The van der Waals surface area contributed by atoms with Gasteiger partial charge < -0.3 is 0 Å². The first kappa shape index (κ1) is 20.0. The van der Waals surface area contributed by atoms with Gasteiger partial charge in [-0.1, -0.05) is 64.7 Å². The van der Waals surface area contributed by atoms with Crippen LogP contribution < -0.4 is 0 Å². The molecular weight excluding hydrogens is 383 g/mol. The van der Waals surface area contributed by atoms with Crippen molar-refractivity contribution in [2.24, 2.45) is 16.7 Å². The molecule has 124 valence electrons. The normalized spacial score (nSPS) is 14.0. The van der Waals surface area contributed by atoms with Crippen molar-refractivity contribution in [1.82, 2.24) is 0 Å². The Bertz CT molecular complexity index is 530. The van der Waals surface area contributed by atoms with Crippen molar-refractivity contribution in [3.63, 3.8) is 0 Å². The molecule has 0 spiro atoms. The Balaban J connectivity index is 3.11. The van der Waals surface area contributed by atoms with Gasteiger partial charge in [0.25, 0.3) is 0 Å². The van der Waals surface area contributed by atoms with Crippen LogP contribution in [0.2, 0.25) is 10.0 Å². The Hall–Kier alpha value is -0.0500. The van der Waals surface area contributed by atoms with Crippen LogP contribution in [0.15, 0.2) is 16.6 Å². The van der Waals surface area contributed by atoms with Crippen LogP contribution in [0, 0.1) is 16.7 Å². The van der Waals surface area contributed by atoms with Crippen LogP contribution in [-0.2, 0) is 11.2 Å². The second kappa shape index (κ2) is 7.23. The third kappa shape index (κ3) is 5.86. The lowest BCUT2D eigenvalue weighted by Gasteiger charge is -2.30. The zero-order valence-corrected chi connectivity index (χ0v) is 17.3. The van der Waals surface area contributed by atoms with Gasteiger partial charge in [-0.2, -0.15) is 0 Å². The van der Waals surface area contributed by atoms with E-state index < -0.39 is 0 Å². The number of ketones is 1. The van der Waals surface area contributed by atoms with Crippen LogP contribution in [0.3, 0.4) is 0 Å². The highest BCUT2D eigenvalue weighted by molar-refractivity contribution is 9.10. The maximum atomic E-state index is 12.8. The van der Waals surface area contributed by atoms with Crippen molar-refractivity contribution in [1.29, 1.82) is 0 Å². The summed E-state index contributed by atoms with van der Waals surface area (Å²) >= 11 is 15.7. The van der Waals surface area contributed by atoms with Gasteiger partial charge in [0, 0.05) is 11.3 Å². The first-order valence-electron chi connectivity index (χ1n) is 7.49. The second-order valence-electron chi connectivity index (χ2n) is 8.15. The average Bonchev–Trinajstić information content (AvgIpc) is 2.31. The monoisotopic (exact) mass is 406 g/mol. The average molecular weight is 408 g/mol. The lowest BCUT2D eigenvalue weighted by molar-refractivity contribution is -0.131. The molecule has 0 N–H and O–H groups in total. The highest BCUT2D eigenvalue weighted by Crippen LogP contribution is 2.36. The van der Waals surface area contributed by atoms with Gasteiger partial charge in [-0.05, 0) is 51.9 Å². The predicted octanol–water partition coefficient (Wildman–Crippen LogP) is 6.97. The van der Waals surface area contributed by atoms with E-state index in [-0.39, 0.29) is 22.5 Å². The summed E-state index contributed by atoms with van der Waals surface area (Å²) in [6.45, 7) is 12.4. The number of carbonyl (C=O) groups is 1. The van der Waals surface area contributed by atoms with E-state index >= 15 is 0 Å². The van der Waals surface area contributed by atoms with Crippen molar-refractivity contribution >= 4 is 44.9 Å². The van der Waals surface area contributed by atoms with Gasteiger partial charge in [-0.25, -0.2) is 0 Å². The molecule has 0 fully saturated rings. The van der Waals surface area contributed by atoms with Gasteiger partial charge in [-0.3, -0.25) is 4.79 Å². The largest absolute Gasteiger partial charge is 0.299 e. The van der Waals surface area contributed by atoms with Crippen LogP contribution in [-0.4, -0.2) is 5.78 Å². The van der Waals surface area contributed by atoms with E-state index in [2.05, 4.69) is 36.7 Å². The molecule has 0 saturated heterocycles. The van der Waals surface area contributed by atoms with Crippen LogP contribution in [0.5, 0.6) is 0 Å². The number of rotatable bonds is 4. The Morgan fingerprint density at radius 1 is 1.09 bits per heavy atom. The molecule has 0 radical (unpaired) electrons. The number of Topliss-reactive ketones (excluding diaryl/α,β-unsaturated/α-hetero) is 1. The van der Waals surface area contributed by atoms with Gasteiger partial charge in [0.15, 0.2) is 0 Å². The zero-order valence-electron chi connectivity index (χ0n) is 14.2. The lowest BCUT2D eigenvalue weighted by Crippen LogP contribution is -2.32. The standard InChI is InChI=1S/C18H25BrCl2O/c1-17(2,3)10-12(16(22)18(4,5)6)7-11-8-13(20)15(19)14(21)9-11/h8-9,12H,7,10H2,1-6H3. The number of hydrogen-bond donors (Lipinski definition) is 0. The van der Waals surface area contributed by atoms with Gasteiger partial charge >= 0.3 is 0 Å². The Kier molecular flexibility index (Phi) is 6.58. The minimum absolute atomic E-state index is 0.0340. The molecule has 1 atom stereocenters. The maximum Gasteiger partial charge on any atom is 0.141 e. The van der Waals surface area contributed by atoms with E-state index in [4.69, 9.17) is 23.2 Å². The summed E-state index contributed by atoms with van der Waals surface area (Å²) in [4.78, 5) is 12.8. The maximum absolute atomic E-state index is 12.8. The molecule has 0 amide bonds. The van der Waals surface area contributed by atoms with Gasteiger partial charge in [0.2, 0.25) is 0 Å². The smallest absolute Gasteiger partial charge is 0.141 e. The van der Waals surface area contributed by atoms with Crippen molar-refractivity contribution in [3.05, 3.63) is 32.2 Å². The SMILES string of the molecule is CC(C)(C)CC(Cc1cc(Cl)c(Br)c(Cl)c1)C(=O)C(C)(C)C. The number of halogens is 3. The number of carbonyl (C=O) groups excluding carboxylic acids is 1. The fourth-order valence-corrected chi connectivity index (χ4v) is 3.38. The summed E-state index contributed by atoms with van der Waals surface area (Å²) in [6.07, 6.45) is 1.51. The summed E-state index contributed by atoms with van der Waals surface area (Å²) in [7, 11) is 0. The number of benzene rings is 1. The van der Waals surface area contributed by atoms with Crippen molar-refractivity contribution in [3.8, 4) is 0 Å². The summed E-state index contributed by atoms with van der Waals surface area (Å²) < 4.78 is 0.703. The summed E-state index contributed by atoms with van der Waals surface area (Å²) in [6, 6.07) is 3.78. The quantitative estimate of drug-likeness (QED) is 0.492. The molecule has 1 aromatic rings. The molecule has 1 rings (SSSR count). The summed E-state index contributed by atoms with van der Waals surface area (Å²) in [5, 5.41) is 1.17. The van der Waals surface area contributed by atoms with E-state index in [0.29, 0.717) is 20.9 Å². The van der Waals surface area contributed by atoms with Crippen LogP contribution >= 0.6 is 39.1 Å². The molecular formula is C18H25BrCl2O. The number of hydrogen-bond acceptors (Lipinski definition) is 1. The van der Waals surface area contributed by atoms with E-state index in [1.165, 1.54) is 0 Å². The first-order chi connectivity index (χ1) is 9.81. The highest BCUT2D eigenvalue weighted by atomic mass is 79.9. The zero-order chi connectivity index (χ0) is 17.3. The molecule has 0 aliphatic rings. The van der Waals surface area contributed by atoms with E-state index in [9.17, 15) is 4.79 Å². The summed E-state index contributed by atoms with van der Waals surface area (Å²) in [5.41, 5.74) is 0.748. The molecule has 0 saturated carbocycles. The fourth-order valence-electron chi connectivity index (χ4n) is 2.62. The molecule has 0 aliphatic heterocycles. The Labute approximate surface area is 152 Å². The Morgan fingerprint density at radius 3 is 1.91 bits per heavy atom. The second-order valence-corrected chi connectivity index (χ2v) is 9.76. The molecule has 1 aromatic carbocycles. The molecule has 0 aromatic heterocycles. The Morgan fingerprint density at radius 2 is 1.55 bits per heavy atom. The lowest BCUT2D eigenvalue weighted by atomic mass is 9.73. The van der Waals surface area contributed by atoms with Crippen molar-refractivity contribution in [2.75, 3.05) is 0 Å². The third-order valence-electron chi connectivity index (χ3n) is 3.49. The molecule has 4 heteroatoms. The van der Waals surface area contributed by atoms with Gasteiger partial charge in [0.1, 0.15) is 5.78 Å². The molecule has 0 aliphatic carbocycles. The van der Waals surface area contributed by atoms with E-state index in [0.717, 1.165) is 12.0 Å². The fraction of sp³-hybridized carbons (Fsp3) is 0.611. The molecule has 0 bridgehead atoms. The van der Waals surface area contributed by atoms with Crippen LogP contribution in [0.4, 0.5) is 0 Å². The van der Waals surface area contributed by atoms with E-state index in [1.807, 2.05) is 32.9 Å². The van der Waals surface area contributed by atoms with Crippen molar-refractivity contribution < 1.29 is 4.79 Å². The molecule has 0 heterocycles. The minimum atomic E-state index is -0.348. The van der Waals surface area contributed by atoms with Crippen LogP contribution in [0.25, 0.3) is 0 Å². The van der Waals surface area contributed by atoms with E-state index in [1.54, 1.807) is 0 Å². The molecule has 1 unspecified atom stereocenters. The molecule has 1 nitrogen and oxygen atoms in total. The topological polar surface area (TPSA) is 17.1 Å². The predicted molar refractivity (Wildman–Crippen MR) is 99.9 cm³/mol. The van der Waals surface area contributed by atoms with Crippen molar-refractivity contribution in [2.45, 2.75) is 54.4 Å². The third-order valence-corrected chi connectivity index (χ3v) is 5.40. The highest BCUT2D eigenvalue weighted by Gasteiger charge is 2.32. The first-order valence-corrected chi connectivity index (χ1v) is 9.04.